The van der Waals surface area contributed by atoms with E-state index < -0.39 is 0 Å². The number of imide groups is 2. The van der Waals surface area contributed by atoms with Crippen LogP contribution in [0.25, 0.3) is 0 Å². The minimum absolute atomic E-state index is 0.0146. The van der Waals surface area contributed by atoms with E-state index in [1.807, 2.05) is 0 Å². The number of hydrogen-bond donors (Lipinski definition) is 0. The Labute approximate surface area is 119 Å². The van der Waals surface area contributed by atoms with Crippen LogP contribution in [0.15, 0.2) is 0 Å². The van der Waals surface area contributed by atoms with Gasteiger partial charge in [0.1, 0.15) is 6.42 Å². The highest BCUT2D eigenvalue weighted by Gasteiger charge is 2.44. The van der Waals surface area contributed by atoms with Crippen molar-refractivity contribution in [1.82, 2.24) is 9.80 Å². The van der Waals surface area contributed by atoms with Crippen LogP contribution in [0, 0.1) is 0 Å². The van der Waals surface area contributed by atoms with Gasteiger partial charge in [0.15, 0.2) is 0 Å². The summed E-state index contributed by atoms with van der Waals surface area (Å²) in [4.78, 5) is 39.7. The molecule has 4 amide bonds. The molecule has 0 N–H and O–H groups in total. The SMILES string of the molecule is O=C1CC(=O)N(C2CCCC2)C(=O)N1C1CCCCC1. The molecule has 0 unspecified atom stereocenters. The van der Waals surface area contributed by atoms with Crippen LogP contribution < -0.4 is 0 Å². The minimum atomic E-state index is -0.343. The van der Waals surface area contributed by atoms with Crippen molar-refractivity contribution < 1.29 is 14.4 Å². The molecule has 1 aliphatic heterocycles. The summed E-state index contributed by atoms with van der Waals surface area (Å²) in [5.41, 5.74) is 0. The summed E-state index contributed by atoms with van der Waals surface area (Å²) in [5.74, 6) is -0.583. The van der Waals surface area contributed by atoms with E-state index in [0.717, 1.165) is 51.4 Å². The second kappa shape index (κ2) is 5.54. The lowest BCUT2D eigenvalue weighted by Gasteiger charge is -2.41. The second-order valence-electron chi connectivity index (χ2n) is 6.22. The van der Waals surface area contributed by atoms with Crippen molar-refractivity contribution in [3.8, 4) is 0 Å². The monoisotopic (exact) mass is 278 g/mol. The highest BCUT2D eigenvalue weighted by Crippen LogP contribution is 2.31. The van der Waals surface area contributed by atoms with Crippen LogP contribution in [0.5, 0.6) is 0 Å². The Morgan fingerprint density at radius 1 is 0.650 bits per heavy atom. The molecule has 110 valence electrons. The van der Waals surface area contributed by atoms with Crippen molar-refractivity contribution in [2.75, 3.05) is 0 Å². The van der Waals surface area contributed by atoms with Crippen molar-refractivity contribution in [3.05, 3.63) is 0 Å². The summed E-state index contributed by atoms with van der Waals surface area (Å²) in [6, 6.07) is -0.306. The van der Waals surface area contributed by atoms with Gasteiger partial charge in [-0.3, -0.25) is 19.4 Å². The van der Waals surface area contributed by atoms with Gasteiger partial charge in [0.25, 0.3) is 0 Å². The molecule has 20 heavy (non-hydrogen) atoms. The highest BCUT2D eigenvalue weighted by molar-refractivity contribution is 6.14. The molecule has 2 saturated carbocycles. The van der Waals surface area contributed by atoms with Crippen LogP contribution >= 0.6 is 0 Å². The van der Waals surface area contributed by atoms with Crippen LogP contribution in [0.3, 0.4) is 0 Å². The van der Waals surface area contributed by atoms with E-state index in [9.17, 15) is 14.4 Å². The van der Waals surface area contributed by atoms with E-state index in [4.69, 9.17) is 0 Å². The third kappa shape index (κ3) is 2.34. The number of hydrogen-bond acceptors (Lipinski definition) is 3. The molecule has 1 heterocycles. The molecular weight excluding hydrogens is 256 g/mol. The van der Waals surface area contributed by atoms with Crippen molar-refractivity contribution in [1.29, 1.82) is 0 Å². The van der Waals surface area contributed by atoms with Gasteiger partial charge in [-0.25, -0.2) is 4.79 Å². The fourth-order valence-corrected chi connectivity index (χ4v) is 3.85. The molecule has 3 rings (SSSR count). The van der Waals surface area contributed by atoms with Crippen LogP contribution in [0.2, 0.25) is 0 Å². The molecule has 0 atom stereocenters. The van der Waals surface area contributed by atoms with Gasteiger partial charge in [0.2, 0.25) is 11.8 Å². The van der Waals surface area contributed by atoms with E-state index in [2.05, 4.69) is 0 Å². The first-order valence-corrected chi connectivity index (χ1v) is 7.86. The van der Waals surface area contributed by atoms with Crippen LogP contribution in [-0.2, 0) is 9.59 Å². The normalized spacial score (nSPS) is 26.7. The first kappa shape index (κ1) is 13.6. The first-order chi connectivity index (χ1) is 9.68. The Morgan fingerprint density at radius 2 is 1.05 bits per heavy atom. The van der Waals surface area contributed by atoms with Crippen molar-refractivity contribution in [2.24, 2.45) is 0 Å². The van der Waals surface area contributed by atoms with Gasteiger partial charge >= 0.3 is 6.03 Å². The Morgan fingerprint density at radius 3 is 1.50 bits per heavy atom. The standard InChI is InChI=1S/C15H22N2O3/c18-13-10-14(19)17(12-8-4-5-9-12)15(20)16(13)11-6-2-1-3-7-11/h11-12H,1-10H2. The molecule has 3 fully saturated rings. The third-order valence-corrected chi connectivity index (χ3v) is 4.88. The molecule has 1 saturated heterocycles. The van der Waals surface area contributed by atoms with Crippen LogP contribution in [0.4, 0.5) is 4.79 Å². The zero-order chi connectivity index (χ0) is 14.1. The average molecular weight is 278 g/mol. The van der Waals surface area contributed by atoms with E-state index in [1.54, 1.807) is 0 Å². The maximum atomic E-state index is 12.6. The zero-order valence-corrected chi connectivity index (χ0v) is 11.8. The molecule has 0 aromatic carbocycles. The first-order valence-electron chi connectivity index (χ1n) is 7.86. The molecular formula is C15H22N2O3. The lowest BCUT2D eigenvalue weighted by atomic mass is 9.93. The smallest absolute Gasteiger partial charge is 0.274 e. The molecule has 5 nitrogen and oxygen atoms in total. The van der Waals surface area contributed by atoms with Crippen LogP contribution in [0.1, 0.15) is 64.2 Å². The van der Waals surface area contributed by atoms with Gasteiger partial charge in [0.05, 0.1) is 0 Å². The van der Waals surface area contributed by atoms with E-state index in [0.29, 0.717) is 0 Å². The minimum Gasteiger partial charge on any atom is -0.274 e. The van der Waals surface area contributed by atoms with Gasteiger partial charge in [0, 0.05) is 12.1 Å². The number of carbonyl (C=O) groups excluding carboxylic acids is 3. The summed E-state index contributed by atoms with van der Waals surface area (Å²) in [6.45, 7) is 0. The summed E-state index contributed by atoms with van der Waals surface area (Å²) < 4.78 is 0. The Bertz CT molecular complexity index is 423. The number of carbonyl (C=O) groups is 3. The Kier molecular flexibility index (Phi) is 3.76. The largest absolute Gasteiger partial charge is 0.333 e. The van der Waals surface area contributed by atoms with Gasteiger partial charge < -0.3 is 0 Å². The highest BCUT2D eigenvalue weighted by atomic mass is 16.2. The number of barbiturate groups is 1. The summed E-state index contributed by atoms with van der Waals surface area (Å²) in [5, 5.41) is 0. The van der Waals surface area contributed by atoms with Crippen molar-refractivity contribution >= 4 is 17.8 Å². The topological polar surface area (TPSA) is 57.7 Å². The molecule has 0 aromatic heterocycles. The van der Waals surface area contributed by atoms with Crippen molar-refractivity contribution in [3.63, 3.8) is 0 Å². The Balaban J connectivity index is 1.80. The summed E-state index contributed by atoms with van der Waals surface area (Å²) in [7, 11) is 0. The van der Waals surface area contributed by atoms with E-state index >= 15 is 0 Å². The summed E-state index contributed by atoms with van der Waals surface area (Å²) >= 11 is 0. The van der Waals surface area contributed by atoms with E-state index in [-0.39, 0.29) is 36.3 Å². The second-order valence-corrected chi connectivity index (χ2v) is 6.22. The zero-order valence-electron chi connectivity index (χ0n) is 11.8. The molecule has 2 aliphatic carbocycles. The van der Waals surface area contributed by atoms with Gasteiger partial charge in [-0.15, -0.1) is 0 Å². The molecule has 5 heteroatoms. The third-order valence-electron chi connectivity index (χ3n) is 4.88. The fraction of sp³-hybridized carbons (Fsp3) is 0.800. The number of urea groups is 1. The predicted octanol–water partition coefficient (Wildman–Crippen LogP) is 2.44. The number of amides is 4. The number of nitrogens with zero attached hydrogens (tertiary/aromatic N) is 2. The fourth-order valence-electron chi connectivity index (χ4n) is 3.85. The van der Waals surface area contributed by atoms with E-state index in [1.165, 1.54) is 16.2 Å². The summed E-state index contributed by atoms with van der Waals surface area (Å²) in [6.07, 6.45) is 8.90. The number of rotatable bonds is 2. The predicted molar refractivity (Wildman–Crippen MR) is 72.8 cm³/mol. The van der Waals surface area contributed by atoms with Crippen molar-refractivity contribution in [2.45, 2.75) is 76.3 Å². The molecule has 0 aromatic rings. The van der Waals surface area contributed by atoms with Crippen LogP contribution in [-0.4, -0.2) is 39.7 Å². The lowest BCUT2D eigenvalue weighted by Crippen LogP contribution is -2.60. The maximum Gasteiger partial charge on any atom is 0.333 e. The Hall–Kier alpha value is -1.39. The van der Waals surface area contributed by atoms with Gasteiger partial charge in [-0.1, -0.05) is 32.1 Å². The molecule has 0 bridgehead atoms. The quantitative estimate of drug-likeness (QED) is 0.729. The lowest BCUT2D eigenvalue weighted by molar-refractivity contribution is -0.145. The van der Waals surface area contributed by atoms with Gasteiger partial charge in [-0.05, 0) is 25.7 Å². The molecule has 0 radical (unpaired) electrons. The maximum absolute atomic E-state index is 12.6. The average Bonchev–Trinajstić information content (AvgIpc) is 2.93. The van der Waals surface area contributed by atoms with Gasteiger partial charge in [-0.2, -0.15) is 0 Å². The molecule has 0 spiro atoms. The molecule has 3 aliphatic rings.